The molecular weight excluding hydrogens is 287 g/mol. The lowest BCUT2D eigenvalue weighted by molar-refractivity contribution is -0.137. The molecule has 0 aromatic heterocycles. The summed E-state index contributed by atoms with van der Waals surface area (Å²) >= 11 is 1.72. The van der Waals surface area contributed by atoms with Gasteiger partial charge in [0.25, 0.3) is 0 Å². The summed E-state index contributed by atoms with van der Waals surface area (Å²) in [6.45, 7) is 2.34. The van der Waals surface area contributed by atoms with Gasteiger partial charge in [-0.1, -0.05) is 12.1 Å². The van der Waals surface area contributed by atoms with Gasteiger partial charge in [0, 0.05) is 18.3 Å². The fraction of sp³-hybridized carbons (Fsp3) is 0.571. The number of benzene rings is 1. The third-order valence-corrected chi connectivity index (χ3v) is 4.79. The zero-order valence-corrected chi connectivity index (χ0v) is 12.0. The van der Waals surface area contributed by atoms with Crippen LogP contribution in [-0.4, -0.2) is 28.8 Å². The number of nitrogens with one attached hydrogen (secondary N) is 1. The monoisotopic (exact) mass is 305 g/mol. The van der Waals surface area contributed by atoms with Crippen molar-refractivity contribution >= 4 is 11.8 Å². The number of rotatable bonds is 4. The minimum absolute atomic E-state index is 0.0908. The summed E-state index contributed by atoms with van der Waals surface area (Å²) in [6, 6.07) is 5.05. The highest BCUT2D eigenvalue weighted by molar-refractivity contribution is 7.99. The van der Waals surface area contributed by atoms with E-state index in [-0.39, 0.29) is 6.04 Å². The van der Waals surface area contributed by atoms with Crippen LogP contribution >= 0.6 is 11.8 Å². The molecule has 0 saturated carbocycles. The van der Waals surface area contributed by atoms with Crippen LogP contribution in [0, 0.1) is 0 Å². The molecule has 0 bridgehead atoms. The third-order valence-electron chi connectivity index (χ3n) is 3.56. The number of aliphatic hydroxyl groups is 1. The van der Waals surface area contributed by atoms with Crippen molar-refractivity contribution in [2.75, 3.05) is 18.1 Å². The number of halogens is 3. The molecule has 1 aromatic rings. The zero-order chi connectivity index (χ0) is 14.8. The van der Waals surface area contributed by atoms with Crippen molar-refractivity contribution in [2.24, 2.45) is 0 Å². The first kappa shape index (κ1) is 15.7. The third kappa shape index (κ3) is 3.90. The van der Waals surface area contributed by atoms with Gasteiger partial charge >= 0.3 is 6.18 Å². The first-order chi connectivity index (χ1) is 9.30. The maximum atomic E-state index is 12.5. The van der Waals surface area contributed by atoms with Crippen LogP contribution in [0.2, 0.25) is 0 Å². The topological polar surface area (TPSA) is 32.3 Å². The van der Waals surface area contributed by atoms with Crippen molar-refractivity contribution in [1.82, 2.24) is 5.32 Å². The van der Waals surface area contributed by atoms with E-state index in [0.717, 1.165) is 29.9 Å². The molecule has 112 valence electrons. The van der Waals surface area contributed by atoms with Crippen molar-refractivity contribution in [3.8, 4) is 0 Å². The Morgan fingerprint density at radius 2 is 2.00 bits per heavy atom. The molecule has 1 saturated heterocycles. The van der Waals surface area contributed by atoms with E-state index in [1.165, 1.54) is 12.1 Å². The van der Waals surface area contributed by atoms with Gasteiger partial charge in [0.05, 0.1) is 11.2 Å². The Labute approximate surface area is 120 Å². The minimum atomic E-state index is -4.30. The standard InChI is InChI=1S/C14H18F3NOS/c1-10(18-8-13(19)6-7-20-9-13)11-2-4-12(5-3-11)14(15,16)17/h2-5,10,18-19H,6-9H2,1H3. The van der Waals surface area contributed by atoms with Crippen LogP contribution in [-0.2, 0) is 6.18 Å². The predicted octanol–water partition coefficient (Wildman–Crippen LogP) is 3.22. The highest BCUT2D eigenvalue weighted by Crippen LogP contribution is 2.30. The van der Waals surface area contributed by atoms with Crippen molar-refractivity contribution in [2.45, 2.75) is 31.2 Å². The summed E-state index contributed by atoms with van der Waals surface area (Å²) in [5.74, 6) is 1.66. The summed E-state index contributed by atoms with van der Waals surface area (Å²) in [5, 5.41) is 13.4. The SMILES string of the molecule is CC(NCC1(O)CCSC1)c1ccc(C(F)(F)F)cc1. The summed E-state index contributed by atoms with van der Waals surface area (Å²) in [4.78, 5) is 0. The van der Waals surface area contributed by atoms with E-state index >= 15 is 0 Å². The van der Waals surface area contributed by atoms with Crippen LogP contribution in [0.15, 0.2) is 24.3 Å². The largest absolute Gasteiger partial charge is 0.416 e. The number of hydrogen-bond donors (Lipinski definition) is 2. The van der Waals surface area contributed by atoms with Gasteiger partial charge in [-0.3, -0.25) is 0 Å². The first-order valence-electron chi connectivity index (χ1n) is 6.51. The van der Waals surface area contributed by atoms with E-state index in [1.54, 1.807) is 11.8 Å². The average molecular weight is 305 g/mol. The molecule has 2 unspecified atom stereocenters. The lowest BCUT2D eigenvalue weighted by atomic mass is 10.0. The van der Waals surface area contributed by atoms with Gasteiger partial charge in [-0.2, -0.15) is 24.9 Å². The Hall–Kier alpha value is -0.720. The molecule has 0 radical (unpaired) electrons. The zero-order valence-electron chi connectivity index (χ0n) is 11.2. The van der Waals surface area contributed by atoms with Gasteiger partial charge in [-0.15, -0.1) is 0 Å². The highest BCUT2D eigenvalue weighted by Gasteiger charge is 2.32. The lowest BCUT2D eigenvalue weighted by Gasteiger charge is -2.24. The molecule has 0 spiro atoms. The Balaban J connectivity index is 1.94. The smallest absolute Gasteiger partial charge is 0.388 e. The second kappa shape index (κ2) is 5.95. The normalized spacial score (nSPS) is 24.9. The van der Waals surface area contributed by atoms with E-state index in [9.17, 15) is 18.3 Å². The van der Waals surface area contributed by atoms with Gasteiger partial charge in [0.1, 0.15) is 0 Å². The highest BCUT2D eigenvalue weighted by atomic mass is 32.2. The molecular formula is C14H18F3NOS. The second-order valence-corrected chi connectivity index (χ2v) is 6.35. The van der Waals surface area contributed by atoms with Crippen LogP contribution in [0.25, 0.3) is 0 Å². The quantitative estimate of drug-likeness (QED) is 0.896. The minimum Gasteiger partial charge on any atom is -0.388 e. The van der Waals surface area contributed by atoms with Crippen molar-refractivity contribution < 1.29 is 18.3 Å². The van der Waals surface area contributed by atoms with Crippen molar-refractivity contribution in [3.05, 3.63) is 35.4 Å². The van der Waals surface area contributed by atoms with E-state index < -0.39 is 17.3 Å². The van der Waals surface area contributed by atoms with Crippen LogP contribution in [0.3, 0.4) is 0 Å². The molecule has 1 fully saturated rings. The van der Waals surface area contributed by atoms with Crippen LogP contribution in [0.5, 0.6) is 0 Å². The van der Waals surface area contributed by atoms with Crippen molar-refractivity contribution in [1.29, 1.82) is 0 Å². The fourth-order valence-electron chi connectivity index (χ4n) is 2.16. The molecule has 1 heterocycles. The summed E-state index contributed by atoms with van der Waals surface area (Å²) < 4.78 is 37.4. The molecule has 1 aromatic carbocycles. The molecule has 1 aliphatic heterocycles. The predicted molar refractivity (Wildman–Crippen MR) is 74.8 cm³/mol. The molecule has 2 nitrogen and oxygen atoms in total. The lowest BCUT2D eigenvalue weighted by Crippen LogP contribution is -2.41. The molecule has 1 aliphatic rings. The second-order valence-electron chi connectivity index (χ2n) is 5.25. The van der Waals surface area contributed by atoms with Crippen LogP contribution in [0.1, 0.15) is 30.5 Å². The van der Waals surface area contributed by atoms with Gasteiger partial charge in [0.2, 0.25) is 0 Å². The Morgan fingerprint density at radius 1 is 1.35 bits per heavy atom. The molecule has 2 rings (SSSR count). The molecule has 0 amide bonds. The molecule has 20 heavy (non-hydrogen) atoms. The number of alkyl halides is 3. The van der Waals surface area contributed by atoms with Crippen LogP contribution in [0.4, 0.5) is 13.2 Å². The Morgan fingerprint density at radius 3 is 2.50 bits per heavy atom. The summed E-state index contributed by atoms with van der Waals surface area (Å²) in [7, 11) is 0. The van der Waals surface area contributed by atoms with E-state index in [0.29, 0.717) is 12.3 Å². The number of hydrogen-bond acceptors (Lipinski definition) is 3. The average Bonchev–Trinajstić information content (AvgIpc) is 2.83. The van der Waals surface area contributed by atoms with Gasteiger partial charge in [-0.05, 0) is 36.8 Å². The van der Waals surface area contributed by atoms with Crippen LogP contribution < -0.4 is 5.32 Å². The maximum absolute atomic E-state index is 12.5. The van der Waals surface area contributed by atoms with Gasteiger partial charge in [-0.25, -0.2) is 0 Å². The maximum Gasteiger partial charge on any atom is 0.416 e. The molecule has 2 atom stereocenters. The molecule has 6 heteroatoms. The molecule has 0 aliphatic carbocycles. The first-order valence-corrected chi connectivity index (χ1v) is 7.66. The summed E-state index contributed by atoms with van der Waals surface area (Å²) in [5.41, 5.74) is -0.545. The Bertz CT molecular complexity index is 441. The molecule has 2 N–H and O–H groups in total. The van der Waals surface area contributed by atoms with Gasteiger partial charge < -0.3 is 10.4 Å². The summed E-state index contributed by atoms with van der Waals surface area (Å²) in [6.07, 6.45) is -3.55. The number of thioether (sulfide) groups is 1. The fourth-order valence-corrected chi connectivity index (χ4v) is 3.45. The Kier molecular flexibility index (Phi) is 4.66. The van der Waals surface area contributed by atoms with Crippen molar-refractivity contribution in [3.63, 3.8) is 0 Å². The van der Waals surface area contributed by atoms with E-state index in [2.05, 4.69) is 5.32 Å². The van der Waals surface area contributed by atoms with Gasteiger partial charge in [0.15, 0.2) is 0 Å². The van der Waals surface area contributed by atoms with E-state index in [4.69, 9.17) is 0 Å². The van der Waals surface area contributed by atoms with E-state index in [1.807, 2.05) is 6.92 Å².